The van der Waals surface area contributed by atoms with Crippen LogP contribution in [0.1, 0.15) is 62.1 Å². The smallest absolute Gasteiger partial charge is 0.305 e. The minimum atomic E-state index is -2.01. The number of esters is 1. The number of fused-ring (bicyclic) bond motifs is 1. The van der Waals surface area contributed by atoms with E-state index in [1.54, 1.807) is 42.2 Å². The second kappa shape index (κ2) is 16.5. The average Bonchev–Trinajstić information content (AvgIpc) is 3.35. The Kier molecular flexibility index (Phi) is 11.9. The number of anilines is 2. The Labute approximate surface area is 292 Å². The van der Waals surface area contributed by atoms with Crippen LogP contribution in [0.5, 0.6) is 0 Å². The summed E-state index contributed by atoms with van der Waals surface area (Å²) in [6, 6.07) is 24.2. The highest BCUT2D eigenvalue weighted by Gasteiger charge is 2.52. The molecule has 2 aliphatic heterocycles. The first-order chi connectivity index (χ1) is 24.2. The van der Waals surface area contributed by atoms with E-state index in [0.717, 1.165) is 16.8 Å². The third kappa shape index (κ3) is 8.01. The standard InChI is InChI=1S/C39H44N4O7/c1-28(12-11-17-35(45)41(24-25-44)27-29-13-5-3-6-14-29)39(49)32-26-31(43-36(46)22-20-33(40-43)30-15-7-4-8-16-30)19-21-34(32)42(38(39)48)23-10-9-18-37(47)50-2/h3-8,11-16,19,21,26,28,44,49H,9-10,17-18,20,22-25,27H2,1-2H3/b12-11+/t28-,39+/m1/s1. The van der Waals surface area contributed by atoms with Crippen LogP contribution in [0.4, 0.5) is 11.4 Å². The van der Waals surface area contributed by atoms with Crippen LogP contribution >= 0.6 is 0 Å². The molecule has 2 N–H and O–H groups in total. The fourth-order valence-electron chi connectivity index (χ4n) is 6.38. The van der Waals surface area contributed by atoms with Gasteiger partial charge in [0.25, 0.3) is 5.91 Å². The van der Waals surface area contributed by atoms with Gasteiger partial charge in [0.15, 0.2) is 5.60 Å². The Morgan fingerprint density at radius 1 is 1.02 bits per heavy atom. The highest BCUT2D eigenvalue weighted by molar-refractivity contribution is 6.10. The molecule has 0 spiro atoms. The van der Waals surface area contributed by atoms with Crippen molar-refractivity contribution in [2.45, 2.75) is 57.6 Å². The lowest BCUT2D eigenvalue weighted by Crippen LogP contribution is -2.44. The maximum atomic E-state index is 14.1. The summed E-state index contributed by atoms with van der Waals surface area (Å²) in [7, 11) is 1.33. The summed E-state index contributed by atoms with van der Waals surface area (Å²) < 4.78 is 4.74. The molecule has 3 amide bonds. The third-order valence-electron chi connectivity index (χ3n) is 9.19. The summed E-state index contributed by atoms with van der Waals surface area (Å²) >= 11 is 0. The molecule has 11 heteroatoms. The van der Waals surface area contributed by atoms with Crippen LogP contribution in [0.25, 0.3) is 0 Å². The zero-order chi connectivity index (χ0) is 35.7. The number of carbonyl (C=O) groups is 4. The second-order valence-electron chi connectivity index (χ2n) is 12.5. The Morgan fingerprint density at radius 3 is 2.44 bits per heavy atom. The molecule has 0 bridgehead atoms. The van der Waals surface area contributed by atoms with Crippen LogP contribution in [-0.2, 0) is 36.1 Å². The van der Waals surface area contributed by atoms with Crippen molar-refractivity contribution in [3.63, 3.8) is 0 Å². The lowest BCUT2D eigenvalue weighted by atomic mass is 9.82. The molecular weight excluding hydrogens is 636 g/mol. The van der Waals surface area contributed by atoms with E-state index in [2.05, 4.69) is 5.10 Å². The van der Waals surface area contributed by atoms with Crippen molar-refractivity contribution in [2.75, 3.05) is 36.7 Å². The maximum absolute atomic E-state index is 14.1. The molecule has 0 radical (unpaired) electrons. The fraction of sp³-hybridized carbons (Fsp3) is 0.359. The van der Waals surface area contributed by atoms with E-state index in [9.17, 15) is 29.4 Å². The van der Waals surface area contributed by atoms with Gasteiger partial charge in [-0.2, -0.15) is 5.10 Å². The van der Waals surface area contributed by atoms with Crippen molar-refractivity contribution in [3.05, 3.63) is 108 Å². The van der Waals surface area contributed by atoms with Gasteiger partial charge in [-0.3, -0.25) is 19.2 Å². The minimum Gasteiger partial charge on any atom is -0.469 e. The molecule has 11 nitrogen and oxygen atoms in total. The van der Waals surface area contributed by atoms with Gasteiger partial charge >= 0.3 is 5.97 Å². The summed E-state index contributed by atoms with van der Waals surface area (Å²) in [5, 5.41) is 27.9. The molecule has 50 heavy (non-hydrogen) atoms. The first kappa shape index (κ1) is 36.2. The number of hydrazone groups is 1. The maximum Gasteiger partial charge on any atom is 0.305 e. The molecule has 5 rings (SSSR count). The zero-order valence-corrected chi connectivity index (χ0v) is 28.5. The van der Waals surface area contributed by atoms with E-state index in [1.165, 1.54) is 17.0 Å². The van der Waals surface area contributed by atoms with Gasteiger partial charge in [0.05, 0.1) is 30.8 Å². The molecule has 2 heterocycles. The number of carbonyl (C=O) groups excluding carboxylic acids is 4. The average molecular weight is 681 g/mol. The molecule has 0 fully saturated rings. The molecule has 2 atom stereocenters. The van der Waals surface area contributed by atoms with Crippen LogP contribution in [0.2, 0.25) is 0 Å². The molecule has 0 aromatic heterocycles. The van der Waals surface area contributed by atoms with Crippen molar-refractivity contribution < 1.29 is 34.1 Å². The van der Waals surface area contributed by atoms with E-state index >= 15 is 0 Å². The predicted molar refractivity (Wildman–Crippen MR) is 190 cm³/mol. The summed E-state index contributed by atoms with van der Waals surface area (Å²) in [5.74, 6) is -2.04. The number of nitrogens with zero attached hydrogens (tertiary/aromatic N) is 4. The quantitative estimate of drug-likeness (QED) is 0.135. The van der Waals surface area contributed by atoms with Gasteiger partial charge in [-0.15, -0.1) is 0 Å². The molecule has 262 valence electrons. The van der Waals surface area contributed by atoms with Crippen molar-refractivity contribution in [2.24, 2.45) is 11.0 Å². The minimum absolute atomic E-state index is 0.00480. The summed E-state index contributed by atoms with van der Waals surface area (Å²) in [6.45, 7) is 2.30. The van der Waals surface area contributed by atoms with Gasteiger partial charge in [0, 0.05) is 56.8 Å². The number of aliphatic hydroxyl groups excluding tert-OH is 1. The highest BCUT2D eigenvalue weighted by atomic mass is 16.5. The molecule has 3 aromatic rings. The van der Waals surface area contributed by atoms with Crippen LogP contribution < -0.4 is 9.91 Å². The van der Waals surface area contributed by atoms with Gasteiger partial charge in [0.1, 0.15) is 0 Å². The summed E-state index contributed by atoms with van der Waals surface area (Å²) in [4.78, 5) is 55.2. The summed E-state index contributed by atoms with van der Waals surface area (Å²) in [6.07, 6.45) is 5.24. The summed E-state index contributed by atoms with van der Waals surface area (Å²) in [5.41, 5.74) is 1.85. The number of benzene rings is 3. The molecule has 0 aliphatic carbocycles. The van der Waals surface area contributed by atoms with Gasteiger partial charge in [0.2, 0.25) is 11.8 Å². The van der Waals surface area contributed by atoms with Gasteiger partial charge in [-0.25, -0.2) is 5.01 Å². The molecule has 3 aromatic carbocycles. The number of unbranched alkanes of at least 4 members (excludes halogenated alkanes) is 1. The largest absolute Gasteiger partial charge is 0.469 e. The molecule has 0 saturated heterocycles. The number of hydrogen-bond acceptors (Lipinski definition) is 8. The number of rotatable bonds is 15. The van der Waals surface area contributed by atoms with E-state index in [0.29, 0.717) is 42.7 Å². The van der Waals surface area contributed by atoms with Gasteiger partial charge < -0.3 is 24.7 Å². The molecule has 0 unspecified atom stereocenters. The van der Waals surface area contributed by atoms with Crippen molar-refractivity contribution in [3.8, 4) is 0 Å². The molecule has 0 saturated carbocycles. The molecular formula is C39H44N4O7. The number of ether oxygens (including phenoxy) is 1. The van der Waals surface area contributed by atoms with E-state index in [1.807, 2.05) is 60.7 Å². The van der Waals surface area contributed by atoms with E-state index in [-0.39, 0.29) is 56.7 Å². The highest BCUT2D eigenvalue weighted by Crippen LogP contribution is 2.47. The first-order valence-electron chi connectivity index (χ1n) is 17.0. The normalized spacial score (nSPS) is 17.9. The monoisotopic (exact) mass is 680 g/mol. The van der Waals surface area contributed by atoms with Gasteiger partial charge in [-0.1, -0.05) is 79.7 Å². The van der Waals surface area contributed by atoms with E-state index < -0.39 is 17.4 Å². The van der Waals surface area contributed by atoms with Crippen LogP contribution in [-0.4, -0.2) is 71.3 Å². The number of aliphatic hydroxyl groups is 2. The number of hydrogen-bond donors (Lipinski definition) is 2. The Morgan fingerprint density at radius 2 is 1.74 bits per heavy atom. The Hall–Kier alpha value is -5.13. The SMILES string of the molecule is COC(=O)CCCCN1C(=O)[C@](O)([C@H](C)/C=C/CC(=O)N(CCO)Cc2ccccc2)c2cc(N3N=C(c4ccccc4)CCC3=O)ccc21. The van der Waals surface area contributed by atoms with Gasteiger partial charge in [-0.05, 0) is 42.2 Å². The van der Waals surface area contributed by atoms with Crippen LogP contribution in [0.15, 0.2) is 96.1 Å². The Bertz CT molecular complexity index is 1740. The van der Waals surface area contributed by atoms with Crippen molar-refractivity contribution in [1.29, 1.82) is 0 Å². The fourth-order valence-corrected chi connectivity index (χ4v) is 6.38. The first-order valence-corrected chi connectivity index (χ1v) is 17.0. The lowest BCUT2D eigenvalue weighted by Gasteiger charge is -2.29. The number of methoxy groups -OCH3 is 1. The predicted octanol–water partition coefficient (Wildman–Crippen LogP) is 4.70. The van der Waals surface area contributed by atoms with Crippen LogP contribution in [0.3, 0.4) is 0 Å². The second-order valence-corrected chi connectivity index (χ2v) is 12.5. The number of amides is 3. The van der Waals surface area contributed by atoms with E-state index in [4.69, 9.17) is 4.74 Å². The van der Waals surface area contributed by atoms with Crippen molar-refractivity contribution in [1.82, 2.24) is 4.90 Å². The Balaban J connectivity index is 1.42. The van der Waals surface area contributed by atoms with Crippen LogP contribution in [0, 0.1) is 5.92 Å². The topological polar surface area (TPSA) is 140 Å². The third-order valence-corrected chi connectivity index (χ3v) is 9.19. The zero-order valence-electron chi connectivity index (χ0n) is 28.5. The van der Waals surface area contributed by atoms with Crippen molar-refractivity contribution >= 4 is 40.8 Å². The lowest BCUT2D eigenvalue weighted by molar-refractivity contribution is -0.140. The molecule has 2 aliphatic rings.